The number of nitrogens with one attached hydrogen (secondary N) is 1. The lowest BCUT2D eigenvalue weighted by molar-refractivity contribution is -0.153. The molecule has 0 fully saturated rings. The van der Waals surface area contributed by atoms with Crippen LogP contribution in [-0.4, -0.2) is 17.8 Å². The minimum absolute atomic E-state index is 0.190. The molecule has 0 aliphatic rings. The Labute approximate surface area is 124 Å². The highest BCUT2D eigenvalue weighted by atomic mass is 32.1. The molecular formula is C14H15F3N2OS. The van der Waals surface area contributed by atoms with Gasteiger partial charge in [0.1, 0.15) is 5.75 Å². The highest BCUT2D eigenvalue weighted by Crippen LogP contribution is 2.27. The van der Waals surface area contributed by atoms with E-state index >= 15 is 0 Å². The number of halogens is 3. The first-order valence-corrected chi connectivity index (χ1v) is 7.25. The van der Waals surface area contributed by atoms with Gasteiger partial charge >= 0.3 is 6.18 Å². The molecule has 2 rings (SSSR count). The fraction of sp³-hybridized carbons (Fsp3) is 0.357. The van der Waals surface area contributed by atoms with Gasteiger partial charge in [0, 0.05) is 11.1 Å². The van der Waals surface area contributed by atoms with Crippen molar-refractivity contribution < 1.29 is 17.9 Å². The van der Waals surface area contributed by atoms with Gasteiger partial charge in [-0.15, -0.1) is 11.3 Å². The molecule has 0 saturated carbocycles. The van der Waals surface area contributed by atoms with Crippen LogP contribution in [0.5, 0.6) is 5.75 Å². The molecule has 0 radical (unpaired) electrons. The molecule has 114 valence electrons. The van der Waals surface area contributed by atoms with Crippen molar-refractivity contribution in [3.8, 4) is 5.75 Å². The second-order valence-electron chi connectivity index (χ2n) is 4.33. The van der Waals surface area contributed by atoms with E-state index in [1.54, 1.807) is 35.7 Å². The number of thiazole rings is 1. The number of benzene rings is 1. The van der Waals surface area contributed by atoms with E-state index in [0.717, 1.165) is 16.3 Å². The van der Waals surface area contributed by atoms with Crippen molar-refractivity contribution in [3.05, 3.63) is 40.3 Å². The Balaban J connectivity index is 1.99. The van der Waals surface area contributed by atoms with E-state index in [0.29, 0.717) is 12.2 Å². The third-order valence-electron chi connectivity index (χ3n) is 2.64. The van der Waals surface area contributed by atoms with Gasteiger partial charge in [0.25, 0.3) is 0 Å². The molecule has 0 unspecified atom stereocenters. The molecule has 1 aromatic heterocycles. The molecule has 0 spiro atoms. The number of nitrogens with zero attached hydrogens (tertiary/aromatic N) is 1. The van der Waals surface area contributed by atoms with Crippen LogP contribution in [0.3, 0.4) is 0 Å². The van der Waals surface area contributed by atoms with E-state index in [9.17, 15) is 13.2 Å². The van der Waals surface area contributed by atoms with Gasteiger partial charge in [-0.05, 0) is 18.6 Å². The molecule has 21 heavy (non-hydrogen) atoms. The number of alkyl halides is 3. The predicted octanol–water partition coefficient (Wildman–Crippen LogP) is 4.26. The van der Waals surface area contributed by atoms with Crippen LogP contribution in [0.15, 0.2) is 30.5 Å². The van der Waals surface area contributed by atoms with Crippen molar-refractivity contribution in [2.75, 3.05) is 11.9 Å². The molecule has 0 aliphatic heterocycles. The third kappa shape index (κ3) is 4.93. The van der Waals surface area contributed by atoms with E-state index in [1.807, 2.05) is 6.92 Å². The van der Waals surface area contributed by atoms with Crippen LogP contribution in [-0.2, 0) is 13.0 Å². The summed E-state index contributed by atoms with van der Waals surface area (Å²) < 4.78 is 41.5. The number of hydrogen-bond donors (Lipinski definition) is 1. The summed E-state index contributed by atoms with van der Waals surface area (Å²) in [7, 11) is 0. The largest absolute Gasteiger partial charge is 0.482 e. The first-order chi connectivity index (χ1) is 9.98. The average Bonchev–Trinajstić information content (AvgIpc) is 2.91. The maximum atomic E-state index is 12.2. The van der Waals surface area contributed by atoms with Gasteiger partial charge in [-0.1, -0.05) is 19.1 Å². The van der Waals surface area contributed by atoms with Gasteiger partial charge in [-0.25, -0.2) is 4.98 Å². The lowest BCUT2D eigenvalue weighted by atomic mass is 10.3. The summed E-state index contributed by atoms with van der Waals surface area (Å²) in [4.78, 5) is 5.26. The monoisotopic (exact) mass is 316 g/mol. The minimum atomic E-state index is -4.35. The third-order valence-corrected chi connectivity index (χ3v) is 3.78. The van der Waals surface area contributed by atoms with Gasteiger partial charge in [0.2, 0.25) is 0 Å². The number of aromatic nitrogens is 1. The molecule has 0 bridgehead atoms. The van der Waals surface area contributed by atoms with Crippen molar-refractivity contribution in [1.82, 2.24) is 4.98 Å². The van der Waals surface area contributed by atoms with E-state index < -0.39 is 12.8 Å². The Morgan fingerprint density at radius 2 is 2.05 bits per heavy atom. The van der Waals surface area contributed by atoms with Gasteiger partial charge in [-0.2, -0.15) is 13.2 Å². The van der Waals surface area contributed by atoms with Crippen molar-refractivity contribution in [2.24, 2.45) is 0 Å². The summed E-state index contributed by atoms with van der Waals surface area (Å²) in [6.45, 7) is 1.23. The fourth-order valence-electron chi connectivity index (χ4n) is 1.67. The molecule has 1 heterocycles. The number of para-hydroxylation sites is 2. The van der Waals surface area contributed by atoms with Crippen LogP contribution in [0.25, 0.3) is 0 Å². The number of ether oxygens (including phenoxy) is 1. The maximum absolute atomic E-state index is 12.2. The van der Waals surface area contributed by atoms with Gasteiger partial charge in [-0.3, -0.25) is 0 Å². The van der Waals surface area contributed by atoms with Crippen molar-refractivity contribution in [2.45, 2.75) is 26.1 Å². The average molecular weight is 316 g/mol. The summed E-state index contributed by atoms with van der Waals surface area (Å²) in [5.74, 6) is 0.190. The van der Waals surface area contributed by atoms with Crippen LogP contribution >= 0.6 is 11.3 Å². The van der Waals surface area contributed by atoms with E-state index in [2.05, 4.69) is 10.3 Å². The Kier molecular flexibility index (Phi) is 5.06. The molecule has 0 atom stereocenters. The molecule has 0 amide bonds. The lowest BCUT2D eigenvalue weighted by Crippen LogP contribution is -2.19. The zero-order chi connectivity index (χ0) is 15.3. The number of rotatable bonds is 6. The predicted molar refractivity (Wildman–Crippen MR) is 76.8 cm³/mol. The smallest absolute Gasteiger partial charge is 0.422 e. The molecular weight excluding hydrogens is 301 g/mol. The first kappa shape index (κ1) is 15.6. The second kappa shape index (κ2) is 6.80. The Morgan fingerprint density at radius 1 is 1.29 bits per heavy atom. The standard InChI is InChI=1S/C14H15F3N2OS/c1-2-13-19-8-10(21-13)7-18-11-5-3-4-6-12(11)20-9-14(15,16)17/h3-6,8,18H,2,7,9H2,1H3. The molecule has 3 nitrogen and oxygen atoms in total. The molecule has 1 N–H and O–H groups in total. The minimum Gasteiger partial charge on any atom is -0.482 e. The highest BCUT2D eigenvalue weighted by Gasteiger charge is 2.28. The van der Waals surface area contributed by atoms with Crippen LogP contribution in [0, 0.1) is 0 Å². The van der Waals surface area contributed by atoms with Crippen LogP contribution < -0.4 is 10.1 Å². The SMILES string of the molecule is CCc1ncc(CNc2ccccc2OCC(F)(F)F)s1. The molecule has 2 aromatic rings. The molecule has 7 heteroatoms. The summed E-state index contributed by atoms with van der Waals surface area (Å²) in [5.41, 5.74) is 0.535. The summed E-state index contributed by atoms with van der Waals surface area (Å²) in [6.07, 6.45) is -1.70. The van der Waals surface area contributed by atoms with Crippen molar-refractivity contribution >= 4 is 17.0 Å². The van der Waals surface area contributed by atoms with Crippen LogP contribution in [0.1, 0.15) is 16.8 Å². The molecule has 0 aliphatic carbocycles. The fourth-order valence-corrected chi connectivity index (χ4v) is 2.48. The number of anilines is 1. The van der Waals surface area contributed by atoms with E-state index in [1.165, 1.54) is 6.07 Å². The van der Waals surface area contributed by atoms with Gasteiger partial charge < -0.3 is 10.1 Å². The van der Waals surface area contributed by atoms with E-state index in [-0.39, 0.29) is 5.75 Å². The molecule has 1 aromatic carbocycles. The summed E-state index contributed by atoms with van der Waals surface area (Å²) in [5, 5.41) is 4.12. The topological polar surface area (TPSA) is 34.2 Å². The lowest BCUT2D eigenvalue weighted by Gasteiger charge is -2.13. The normalized spacial score (nSPS) is 11.4. The van der Waals surface area contributed by atoms with Crippen molar-refractivity contribution in [1.29, 1.82) is 0 Å². The highest BCUT2D eigenvalue weighted by molar-refractivity contribution is 7.11. The Morgan fingerprint density at radius 3 is 2.71 bits per heavy atom. The number of hydrogen-bond acceptors (Lipinski definition) is 4. The van der Waals surface area contributed by atoms with Crippen LogP contribution in [0.2, 0.25) is 0 Å². The number of aryl methyl sites for hydroxylation is 1. The first-order valence-electron chi connectivity index (χ1n) is 6.44. The van der Waals surface area contributed by atoms with Gasteiger partial charge in [0.15, 0.2) is 6.61 Å². The van der Waals surface area contributed by atoms with Crippen molar-refractivity contribution in [3.63, 3.8) is 0 Å². The second-order valence-corrected chi connectivity index (χ2v) is 5.53. The summed E-state index contributed by atoms with van der Waals surface area (Å²) in [6, 6.07) is 6.58. The summed E-state index contributed by atoms with van der Waals surface area (Å²) >= 11 is 1.58. The molecule has 0 saturated heterocycles. The Bertz CT molecular complexity index is 584. The van der Waals surface area contributed by atoms with Crippen LogP contribution in [0.4, 0.5) is 18.9 Å². The van der Waals surface area contributed by atoms with Gasteiger partial charge in [0.05, 0.1) is 17.2 Å². The van der Waals surface area contributed by atoms with E-state index in [4.69, 9.17) is 4.74 Å². The maximum Gasteiger partial charge on any atom is 0.422 e. The quantitative estimate of drug-likeness (QED) is 0.864. The zero-order valence-corrected chi connectivity index (χ0v) is 12.2. The Hall–Kier alpha value is -1.76. The zero-order valence-electron chi connectivity index (χ0n) is 11.4.